The Hall–Kier alpha value is -1.50. The van der Waals surface area contributed by atoms with Crippen molar-refractivity contribution in [2.24, 2.45) is 0 Å². The molecule has 0 atom stereocenters. The minimum absolute atomic E-state index is 0.141. The smallest absolute Gasteiger partial charge is 0.339 e. The van der Waals surface area contributed by atoms with Gasteiger partial charge in [0.05, 0.1) is 6.20 Å². The number of hydrogen-bond acceptors (Lipinski definition) is 5. The van der Waals surface area contributed by atoms with E-state index in [0.29, 0.717) is 30.4 Å². The van der Waals surface area contributed by atoms with E-state index >= 15 is 0 Å². The Bertz CT molecular complexity index is 428. The molecule has 0 amide bonds. The second-order valence-electron chi connectivity index (χ2n) is 3.41. The van der Waals surface area contributed by atoms with Crippen molar-refractivity contribution in [3.8, 4) is 0 Å². The van der Waals surface area contributed by atoms with Crippen molar-refractivity contribution >= 4 is 22.6 Å². The molecule has 0 saturated carbocycles. The highest BCUT2D eigenvalue weighted by Gasteiger charge is 2.21. The van der Waals surface area contributed by atoms with E-state index in [-0.39, 0.29) is 5.56 Å². The number of nitrogens with zero attached hydrogens (tertiary/aromatic N) is 3. The van der Waals surface area contributed by atoms with Crippen molar-refractivity contribution in [3.63, 3.8) is 0 Å². The number of carbonyl (C=O) groups is 1. The Balaban J connectivity index is 2.26. The van der Waals surface area contributed by atoms with Gasteiger partial charge in [0.1, 0.15) is 5.56 Å². The largest absolute Gasteiger partial charge is 0.478 e. The highest BCUT2D eigenvalue weighted by atomic mass is 32.2. The number of carboxylic acid groups (broad SMARTS) is 1. The minimum atomic E-state index is -1.02. The topological polar surface area (TPSA) is 83.4 Å². The first-order chi connectivity index (χ1) is 7.68. The van der Waals surface area contributed by atoms with E-state index in [9.17, 15) is 9.00 Å². The van der Waals surface area contributed by atoms with Gasteiger partial charge in [0.15, 0.2) is 5.82 Å². The molecule has 2 heterocycles. The normalized spacial score (nSPS) is 17.4. The van der Waals surface area contributed by atoms with Gasteiger partial charge in [0.25, 0.3) is 0 Å². The van der Waals surface area contributed by atoms with Gasteiger partial charge in [-0.25, -0.2) is 4.79 Å². The first kappa shape index (κ1) is 11.0. The van der Waals surface area contributed by atoms with E-state index in [1.54, 1.807) is 0 Å². The van der Waals surface area contributed by atoms with Gasteiger partial charge < -0.3 is 10.0 Å². The maximum absolute atomic E-state index is 11.2. The molecule has 1 N–H and O–H groups in total. The SMILES string of the molecule is O=C(O)c1ccnnc1N1CCS(=O)CC1. The Morgan fingerprint density at radius 2 is 2.12 bits per heavy atom. The van der Waals surface area contributed by atoms with Gasteiger partial charge in [-0.15, -0.1) is 5.10 Å². The number of rotatable bonds is 2. The lowest BCUT2D eigenvalue weighted by Crippen LogP contribution is -2.39. The van der Waals surface area contributed by atoms with E-state index in [0.717, 1.165) is 0 Å². The lowest BCUT2D eigenvalue weighted by atomic mass is 10.2. The van der Waals surface area contributed by atoms with Crippen LogP contribution in [0, 0.1) is 0 Å². The van der Waals surface area contributed by atoms with Crippen molar-refractivity contribution < 1.29 is 14.1 Å². The first-order valence-corrected chi connectivity index (χ1v) is 6.32. The maximum atomic E-state index is 11.2. The van der Waals surface area contributed by atoms with Gasteiger partial charge in [0, 0.05) is 35.4 Å². The third-order valence-electron chi connectivity index (χ3n) is 2.41. The van der Waals surface area contributed by atoms with Gasteiger partial charge in [-0.05, 0) is 6.07 Å². The molecule has 1 aromatic rings. The van der Waals surface area contributed by atoms with Crippen LogP contribution in [-0.2, 0) is 10.8 Å². The zero-order chi connectivity index (χ0) is 11.5. The van der Waals surface area contributed by atoms with Crippen LogP contribution in [0.5, 0.6) is 0 Å². The van der Waals surface area contributed by atoms with Crippen LogP contribution >= 0.6 is 0 Å². The summed E-state index contributed by atoms with van der Waals surface area (Å²) < 4.78 is 11.2. The van der Waals surface area contributed by atoms with E-state index in [2.05, 4.69) is 10.2 Å². The van der Waals surface area contributed by atoms with Gasteiger partial charge in [0.2, 0.25) is 0 Å². The highest BCUT2D eigenvalue weighted by molar-refractivity contribution is 7.85. The number of hydrogen-bond donors (Lipinski definition) is 1. The molecule has 7 heteroatoms. The van der Waals surface area contributed by atoms with Gasteiger partial charge in [-0.1, -0.05) is 0 Å². The predicted molar refractivity (Wildman–Crippen MR) is 59.1 cm³/mol. The minimum Gasteiger partial charge on any atom is -0.478 e. The Labute approximate surface area is 94.7 Å². The fourth-order valence-corrected chi connectivity index (χ4v) is 2.63. The summed E-state index contributed by atoms with van der Waals surface area (Å²) in [5.41, 5.74) is 0.141. The first-order valence-electron chi connectivity index (χ1n) is 4.83. The predicted octanol–water partition coefficient (Wildman–Crippen LogP) is -0.256. The monoisotopic (exact) mass is 241 g/mol. The molecule has 1 aliphatic heterocycles. The van der Waals surface area contributed by atoms with Gasteiger partial charge in [-0.2, -0.15) is 5.10 Å². The molecule has 1 aliphatic rings. The molecule has 86 valence electrons. The third-order valence-corrected chi connectivity index (χ3v) is 3.68. The van der Waals surface area contributed by atoms with Crippen LogP contribution in [-0.4, -0.2) is 50.1 Å². The molecule has 1 aromatic heterocycles. The molecular formula is C9H11N3O3S. The van der Waals surface area contributed by atoms with Crippen LogP contribution in [0.2, 0.25) is 0 Å². The quantitative estimate of drug-likeness (QED) is 0.768. The van der Waals surface area contributed by atoms with Crippen LogP contribution in [0.15, 0.2) is 12.3 Å². The van der Waals surface area contributed by atoms with Crippen molar-refractivity contribution in [1.82, 2.24) is 10.2 Å². The zero-order valence-electron chi connectivity index (χ0n) is 8.50. The van der Waals surface area contributed by atoms with Crippen LogP contribution in [0.1, 0.15) is 10.4 Å². The van der Waals surface area contributed by atoms with Crippen LogP contribution < -0.4 is 4.90 Å². The summed E-state index contributed by atoms with van der Waals surface area (Å²) in [6.07, 6.45) is 1.36. The highest BCUT2D eigenvalue weighted by Crippen LogP contribution is 2.17. The number of aromatic carboxylic acids is 1. The van der Waals surface area contributed by atoms with E-state index < -0.39 is 16.8 Å². The molecule has 1 saturated heterocycles. The Kier molecular flexibility index (Phi) is 3.14. The van der Waals surface area contributed by atoms with Crippen molar-refractivity contribution in [2.45, 2.75) is 0 Å². The standard InChI is InChI=1S/C9H11N3O3S/c13-9(14)7-1-2-10-11-8(7)12-3-5-16(15)6-4-12/h1-2H,3-6H2,(H,13,14). The molecule has 0 aromatic carbocycles. The van der Waals surface area contributed by atoms with Gasteiger partial charge >= 0.3 is 5.97 Å². The fraction of sp³-hybridized carbons (Fsp3) is 0.444. The summed E-state index contributed by atoms with van der Waals surface area (Å²) in [6, 6.07) is 1.43. The molecular weight excluding hydrogens is 230 g/mol. The van der Waals surface area contributed by atoms with E-state index in [1.165, 1.54) is 12.3 Å². The average Bonchev–Trinajstić information content (AvgIpc) is 2.30. The van der Waals surface area contributed by atoms with E-state index in [1.807, 2.05) is 4.90 Å². The molecule has 0 bridgehead atoms. The number of carboxylic acids is 1. The number of aromatic nitrogens is 2. The van der Waals surface area contributed by atoms with E-state index in [4.69, 9.17) is 5.11 Å². The summed E-state index contributed by atoms with van der Waals surface area (Å²) in [7, 11) is -0.789. The summed E-state index contributed by atoms with van der Waals surface area (Å²) in [6.45, 7) is 1.12. The summed E-state index contributed by atoms with van der Waals surface area (Å²) >= 11 is 0. The zero-order valence-corrected chi connectivity index (χ0v) is 9.31. The maximum Gasteiger partial charge on any atom is 0.339 e. The van der Waals surface area contributed by atoms with Crippen molar-refractivity contribution in [2.75, 3.05) is 29.5 Å². The van der Waals surface area contributed by atoms with Crippen molar-refractivity contribution in [1.29, 1.82) is 0 Å². The number of anilines is 1. The second-order valence-corrected chi connectivity index (χ2v) is 5.10. The molecule has 2 rings (SSSR count). The molecule has 16 heavy (non-hydrogen) atoms. The lowest BCUT2D eigenvalue weighted by molar-refractivity contribution is 0.0697. The molecule has 0 spiro atoms. The third kappa shape index (κ3) is 2.19. The molecule has 0 unspecified atom stereocenters. The fourth-order valence-electron chi connectivity index (χ4n) is 1.57. The average molecular weight is 241 g/mol. The molecule has 6 nitrogen and oxygen atoms in total. The Morgan fingerprint density at radius 3 is 2.75 bits per heavy atom. The molecule has 1 fully saturated rings. The lowest BCUT2D eigenvalue weighted by Gasteiger charge is -2.27. The van der Waals surface area contributed by atoms with Crippen LogP contribution in [0.25, 0.3) is 0 Å². The Morgan fingerprint density at radius 1 is 1.44 bits per heavy atom. The summed E-state index contributed by atoms with van der Waals surface area (Å²) in [5, 5.41) is 16.5. The van der Waals surface area contributed by atoms with Gasteiger partial charge in [-0.3, -0.25) is 4.21 Å². The van der Waals surface area contributed by atoms with Crippen LogP contribution in [0.3, 0.4) is 0 Å². The summed E-state index contributed by atoms with van der Waals surface area (Å²) in [4.78, 5) is 12.8. The second kappa shape index (κ2) is 4.56. The van der Waals surface area contributed by atoms with Crippen LogP contribution in [0.4, 0.5) is 5.82 Å². The summed E-state index contributed by atoms with van der Waals surface area (Å²) in [5.74, 6) is 0.453. The molecule has 0 aliphatic carbocycles. The van der Waals surface area contributed by atoms with Crippen molar-refractivity contribution in [3.05, 3.63) is 17.8 Å². The molecule has 0 radical (unpaired) electrons.